The van der Waals surface area contributed by atoms with E-state index in [2.05, 4.69) is 34.9 Å². The summed E-state index contributed by atoms with van der Waals surface area (Å²) < 4.78 is 91.5. The quantitative estimate of drug-likeness (QED) is 0.105. The van der Waals surface area contributed by atoms with E-state index >= 15 is 17.7 Å². The molecule has 14 heteroatoms. The summed E-state index contributed by atoms with van der Waals surface area (Å²) in [6, 6.07) is 17.3. The van der Waals surface area contributed by atoms with Crippen molar-refractivity contribution in [2.24, 2.45) is 0 Å². The first-order valence-electron chi connectivity index (χ1n) is 13.6. The van der Waals surface area contributed by atoms with E-state index in [1.165, 1.54) is 12.1 Å². The largest absolute Gasteiger partial charge is 0.324 e. The number of nitrogens with zero attached hydrogens (tertiary/aromatic N) is 7. The van der Waals surface area contributed by atoms with Crippen molar-refractivity contribution in [3.05, 3.63) is 95.8 Å². The Morgan fingerprint density at radius 1 is 0.478 bits per heavy atom. The number of rotatable bonds is 0. The van der Waals surface area contributed by atoms with Crippen LogP contribution < -0.4 is 0 Å². The van der Waals surface area contributed by atoms with Gasteiger partial charge in [0.25, 0.3) is 0 Å². The molecule has 1 N–H and O–H groups in total. The molecule has 222 valence electrons. The van der Waals surface area contributed by atoms with E-state index in [1.807, 2.05) is 0 Å². The smallest absolute Gasteiger partial charge is 0.198 e. The Bertz CT molecular complexity index is 2680. The summed E-state index contributed by atoms with van der Waals surface area (Å²) in [5, 5.41) is -0.826. The van der Waals surface area contributed by atoms with E-state index in [9.17, 15) is 8.78 Å². The van der Waals surface area contributed by atoms with Gasteiger partial charge in [0.15, 0.2) is 57.9 Å². The molecule has 46 heavy (non-hydrogen) atoms. The first kappa shape index (κ1) is 26.2. The molecule has 0 spiro atoms. The number of benzene rings is 4. The van der Waals surface area contributed by atoms with Gasteiger partial charge in [-0.05, 0) is 6.07 Å². The highest BCUT2D eigenvalue weighted by Gasteiger charge is 2.28. The zero-order valence-electron chi connectivity index (χ0n) is 22.7. The van der Waals surface area contributed by atoms with Gasteiger partial charge in [0, 0.05) is 27.5 Å². The van der Waals surface area contributed by atoms with Crippen LogP contribution in [0, 0.1) is 29.1 Å². The number of nitrogens with one attached hydrogen (secondary N) is 1. The fourth-order valence-electron chi connectivity index (χ4n) is 5.87. The van der Waals surface area contributed by atoms with E-state index in [0.717, 1.165) is 6.07 Å². The van der Waals surface area contributed by atoms with Gasteiger partial charge in [-0.2, -0.15) is 0 Å². The summed E-state index contributed by atoms with van der Waals surface area (Å²) in [7, 11) is 0. The highest BCUT2D eigenvalue weighted by Crippen LogP contribution is 2.39. The van der Waals surface area contributed by atoms with Crippen molar-refractivity contribution in [1.82, 2.24) is 39.7 Å². The van der Waals surface area contributed by atoms with Crippen molar-refractivity contribution >= 4 is 44.1 Å². The van der Waals surface area contributed by atoms with E-state index in [-0.39, 0.29) is 50.5 Å². The number of H-pyrrole nitrogens is 1. The average molecular weight is 622 g/mol. The van der Waals surface area contributed by atoms with Crippen LogP contribution in [0.2, 0.25) is 0 Å². The summed E-state index contributed by atoms with van der Waals surface area (Å²) in [4.78, 5) is 29.2. The monoisotopic (exact) mass is 622 g/mol. The summed E-state index contributed by atoms with van der Waals surface area (Å²) in [5.41, 5.74) is -0.628. The molecular weight excluding hydrogens is 610 g/mol. The van der Waals surface area contributed by atoms with Crippen LogP contribution in [-0.4, -0.2) is 39.7 Å². The van der Waals surface area contributed by atoms with Gasteiger partial charge < -0.3 is 4.98 Å². The van der Waals surface area contributed by atoms with Crippen molar-refractivity contribution < 1.29 is 26.4 Å². The third-order valence-corrected chi connectivity index (χ3v) is 7.93. The van der Waals surface area contributed by atoms with Crippen molar-refractivity contribution in [1.29, 1.82) is 0 Å². The molecule has 0 radical (unpaired) electrons. The van der Waals surface area contributed by atoms with Crippen LogP contribution in [0.1, 0.15) is 0 Å². The molecule has 9 rings (SSSR count). The molecule has 8 bridgehead atoms. The topological polar surface area (TPSA) is 98.1 Å². The van der Waals surface area contributed by atoms with Crippen molar-refractivity contribution in [3.63, 3.8) is 0 Å². The fourth-order valence-corrected chi connectivity index (χ4v) is 5.87. The standard InChI is InChI=1S/C32H12F6N8/c33-17-11-5-10-16-18(17)28-41-27(16)45-32-15-9-4-3-8-14(15)31(46(32)38)44-26-13-7-2-1-6-12(13)25(39-26)40-29-19-20(30(42-28)43-29)22(35)24(37)23(36)21(19)34/h1-11H,(H,39,40,41,42,43,44,45). The van der Waals surface area contributed by atoms with Crippen LogP contribution in [0.5, 0.6) is 0 Å². The number of aromatic amines is 1. The third kappa shape index (κ3) is 3.46. The lowest BCUT2D eigenvalue weighted by Gasteiger charge is -2.01. The van der Waals surface area contributed by atoms with E-state index in [0.29, 0.717) is 21.9 Å². The Labute approximate surface area is 251 Å². The second-order valence-electron chi connectivity index (χ2n) is 10.5. The molecule has 5 heterocycles. The lowest BCUT2D eigenvalue weighted by atomic mass is 10.1. The zero-order valence-corrected chi connectivity index (χ0v) is 22.7. The number of aromatic nitrogens is 8. The van der Waals surface area contributed by atoms with Gasteiger partial charge in [-0.1, -0.05) is 65.1 Å². The first-order chi connectivity index (χ1) is 22.3. The molecule has 0 fully saturated rings. The lowest BCUT2D eigenvalue weighted by Crippen LogP contribution is -1.97. The SMILES string of the molecule is Fc1cccc2c1-c1nc-2nc2c3ccccc3c(nc3nc(nc4[nH]c(n1)c1c(F)c(F)c(F)c(F)c41)-c1ccccc1-3)n2F. The molecule has 2 aliphatic rings. The zero-order chi connectivity index (χ0) is 31.4. The van der Waals surface area contributed by atoms with Crippen LogP contribution in [0.25, 0.3) is 89.7 Å². The van der Waals surface area contributed by atoms with Gasteiger partial charge in [0.2, 0.25) is 0 Å². The molecule has 0 saturated carbocycles. The number of hydrogen-bond donors (Lipinski definition) is 1. The number of halogens is 6. The van der Waals surface area contributed by atoms with Gasteiger partial charge >= 0.3 is 0 Å². The molecule has 0 atom stereocenters. The molecule has 4 aromatic carbocycles. The molecule has 0 unspecified atom stereocenters. The van der Waals surface area contributed by atoms with Gasteiger partial charge in [0.05, 0.1) is 16.3 Å². The Morgan fingerprint density at radius 3 is 1.57 bits per heavy atom. The van der Waals surface area contributed by atoms with Crippen LogP contribution >= 0.6 is 0 Å². The molecule has 8 nitrogen and oxygen atoms in total. The normalized spacial score (nSPS) is 12.1. The summed E-state index contributed by atoms with van der Waals surface area (Å²) in [5.74, 6) is -9.01. The van der Waals surface area contributed by atoms with Crippen LogP contribution in [0.15, 0.2) is 66.7 Å². The average Bonchev–Trinajstić information content (AvgIpc) is 3.78. The molecule has 0 amide bonds. The second-order valence-corrected chi connectivity index (χ2v) is 10.5. The Balaban J connectivity index is 1.57. The minimum absolute atomic E-state index is 0.0287. The molecule has 7 aromatic rings. The van der Waals surface area contributed by atoms with Crippen LogP contribution in [0.3, 0.4) is 0 Å². The van der Waals surface area contributed by atoms with Crippen LogP contribution in [-0.2, 0) is 0 Å². The summed E-state index contributed by atoms with van der Waals surface area (Å²) in [6.45, 7) is 0. The minimum Gasteiger partial charge on any atom is -0.324 e. The Hall–Kier alpha value is -6.18. The van der Waals surface area contributed by atoms with Crippen molar-refractivity contribution in [3.8, 4) is 45.6 Å². The van der Waals surface area contributed by atoms with Crippen molar-refractivity contribution in [2.45, 2.75) is 0 Å². The van der Waals surface area contributed by atoms with Gasteiger partial charge in [0.1, 0.15) is 17.1 Å². The predicted octanol–water partition coefficient (Wildman–Crippen LogP) is 7.77. The molecule has 3 aromatic heterocycles. The lowest BCUT2D eigenvalue weighted by molar-refractivity contribution is 0.399. The maximum Gasteiger partial charge on any atom is 0.198 e. The molecular formula is C32H12F6N8. The predicted molar refractivity (Wildman–Crippen MR) is 156 cm³/mol. The minimum atomic E-state index is -2.08. The fraction of sp³-hybridized carbons (Fsp3) is 0. The Morgan fingerprint density at radius 2 is 0.957 bits per heavy atom. The van der Waals surface area contributed by atoms with Gasteiger partial charge in [-0.3, -0.25) is 0 Å². The number of fused-ring (bicyclic) bond motifs is 20. The highest BCUT2D eigenvalue weighted by molar-refractivity contribution is 6.07. The van der Waals surface area contributed by atoms with E-state index in [4.69, 9.17) is 0 Å². The molecule has 0 aliphatic carbocycles. The van der Waals surface area contributed by atoms with E-state index < -0.39 is 51.2 Å². The first-order valence-corrected chi connectivity index (χ1v) is 13.6. The van der Waals surface area contributed by atoms with Gasteiger partial charge in [-0.15, -0.1) is 4.79 Å². The highest BCUT2D eigenvalue weighted by atomic mass is 19.2. The maximum absolute atomic E-state index is 16.3. The Kier molecular flexibility index (Phi) is 5.23. The molecule has 2 aliphatic heterocycles. The van der Waals surface area contributed by atoms with Crippen molar-refractivity contribution in [2.75, 3.05) is 0 Å². The third-order valence-electron chi connectivity index (χ3n) is 7.93. The summed E-state index contributed by atoms with van der Waals surface area (Å²) >= 11 is 0. The van der Waals surface area contributed by atoms with Crippen LogP contribution in [0.4, 0.5) is 26.4 Å². The second kappa shape index (κ2) is 9.17. The molecule has 0 saturated heterocycles. The number of hydrogen-bond acceptors (Lipinski definition) is 6. The van der Waals surface area contributed by atoms with Gasteiger partial charge in [-0.25, -0.2) is 51.9 Å². The van der Waals surface area contributed by atoms with E-state index in [1.54, 1.807) is 48.5 Å². The summed E-state index contributed by atoms with van der Waals surface area (Å²) in [6.07, 6.45) is 0. The maximum atomic E-state index is 16.3.